The molecule has 0 saturated carbocycles. The molecular weight excluding hydrogens is 280 g/mol. The van der Waals surface area contributed by atoms with Crippen LogP contribution in [-0.4, -0.2) is 15.8 Å². The van der Waals surface area contributed by atoms with Crippen LogP contribution in [0, 0.1) is 0 Å². The molecule has 0 aliphatic rings. The van der Waals surface area contributed by atoms with Crippen LogP contribution >= 0.6 is 11.3 Å². The zero-order valence-electron chi connectivity index (χ0n) is 12.7. The average molecular weight is 304 g/mol. The third-order valence-corrected chi connectivity index (χ3v) is 4.77. The number of imidazole rings is 1. The number of nitrogens with zero attached hydrogens (tertiary/aromatic N) is 1. The second-order valence-corrected chi connectivity index (χ2v) is 6.56. The SMILES string of the molecule is CCCCCC(=O)c1ccc(CCCCc2ncc[nH]2)s1. The molecule has 0 aliphatic heterocycles. The third-order valence-electron chi connectivity index (χ3n) is 3.59. The largest absolute Gasteiger partial charge is 0.349 e. The minimum absolute atomic E-state index is 0.315. The van der Waals surface area contributed by atoms with Gasteiger partial charge in [-0.2, -0.15) is 0 Å². The molecule has 0 amide bonds. The van der Waals surface area contributed by atoms with Crippen molar-refractivity contribution < 1.29 is 4.79 Å². The van der Waals surface area contributed by atoms with E-state index in [9.17, 15) is 4.79 Å². The van der Waals surface area contributed by atoms with Crippen LogP contribution in [0.15, 0.2) is 24.5 Å². The normalized spacial score (nSPS) is 10.9. The van der Waals surface area contributed by atoms with E-state index in [4.69, 9.17) is 0 Å². The number of H-pyrrole nitrogens is 1. The van der Waals surface area contributed by atoms with E-state index in [0.717, 1.165) is 49.2 Å². The number of carbonyl (C=O) groups is 1. The standard InChI is InChI=1S/C17H24N2OS/c1-2-3-4-8-15(20)16-11-10-14(21-16)7-5-6-9-17-18-12-13-19-17/h10-13H,2-9H2,1H3,(H,18,19). The number of nitrogens with one attached hydrogen (secondary N) is 1. The molecule has 2 aromatic heterocycles. The van der Waals surface area contributed by atoms with Crippen LogP contribution in [0.5, 0.6) is 0 Å². The van der Waals surface area contributed by atoms with E-state index in [1.54, 1.807) is 17.5 Å². The van der Waals surface area contributed by atoms with Gasteiger partial charge < -0.3 is 4.98 Å². The van der Waals surface area contributed by atoms with Gasteiger partial charge in [0.05, 0.1) is 4.88 Å². The lowest BCUT2D eigenvalue weighted by molar-refractivity contribution is 0.0983. The summed E-state index contributed by atoms with van der Waals surface area (Å²) in [6.07, 6.45) is 12.0. The third kappa shape index (κ3) is 5.46. The molecule has 1 N–H and O–H groups in total. The van der Waals surface area contributed by atoms with Gasteiger partial charge in [0.1, 0.15) is 5.82 Å². The lowest BCUT2D eigenvalue weighted by Gasteiger charge is -1.98. The quantitative estimate of drug-likeness (QED) is 0.506. The first-order valence-corrected chi connectivity index (χ1v) is 8.71. The highest BCUT2D eigenvalue weighted by molar-refractivity contribution is 7.14. The second kappa shape index (κ2) is 8.78. The van der Waals surface area contributed by atoms with Crippen molar-refractivity contribution in [3.05, 3.63) is 40.1 Å². The van der Waals surface area contributed by atoms with Gasteiger partial charge >= 0.3 is 0 Å². The maximum absolute atomic E-state index is 12.0. The molecule has 21 heavy (non-hydrogen) atoms. The van der Waals surface area contributed by atoms with Crippen LogP contribution in [0.2, 0.25) is 0 Å². The average Bonchev–Trinajstić information content (AvgIpc) is 3.15. The van der Waals surface area contributed by atoms with Crippen LogP contribution in [0.4, 0.5) is 0 Å². The molecule has 2 rings (SSSR count). The predicted octanol–water partition coefficient (Wildman–Crippen LogP) is 4.80. The number of aromatic amines is 1. The lowest BCUT2D eigenvalue weighted by Crippen LogP contribution is -1.95. The van der Waals surface area contributed by atoms with Crippen LogP contribution < -0.4 is 0 Å². The zero-order chi connectivity index (χ0) is 14.9. The fourth-order valence-electron chi connectivity index (χ4n) is 2.35. The van der Waals surface area contributed by atoms with Crippen LogP contribution in [0.1, 0.15) is 65.8 Å². The summed E-state index contributed by atoms with van der Waals surface area (Å²) in [6, 6.07) is 4.12. The highest BCUT2D eigenvalue weighted by Gasteiger charge is 2.08. The Bertz CT molecular complexity index is 531. The van der Waals surface area contributed by atoms with E-state index in [1.807, 2.05) is 12.3 Å². The minimum atomic E-state index is 0.315. The number of Topliss-reactive ketones (excluding diaryl/α,β-unsaturated/α-hetero) is 1. The maximum Gasteiger partial charge on any atom is 0.172 e. The fraction of sp³-hybridized carbons (Fsp3) is 0.529. The first-order valence-electron chi connectivity index (χ1n) is 7.89. The molecule has 0 saturated heterocycles. The topological polar surface area (TPSA) is 45.8 Å². The molecule has 0 atom stereocenters. The van der Waals surface area contributed by atoms with Gasteiger partial charge in [0.25, 0.3) is 0 Å². The van der Waals surface area contributed by atoms with Gasteiger partial charge in [-0.05, 0) is 37.8 Å². The first-order chi connectivity index (χ1) is 10.3. The van der Waals surface area contributed by atoms with Crippen molar-refractivity contribution >= 4 is 17.1 Å². The van der Waals surface area contributed by atoms with Gasteiger partial charge in [-0.25, -0.2) is 4.98 Å². The molecule has 0 aromatic carbocycles. The molecule has 0 bridgehead atoms. The van der Waals surface area contributed by atoms with Gasteiger partial charge in [0, 0.05) is 30.1 Å². The summed E-state index contributed by atoms with van der Waals surface area (Å²) in [6.45, 7) is 2.16. The lowest BCUT2D eigenvalue weighted by atomic mass is 10.1. The van der Waals surface area contributed by atoms with Crippen molar-refractivity contribution in [2.75, 3.05) is 0 Å². The highest BCUT2D eigenvalue weighted by Crippen LogP contribution is 2.21. The molecule has 114 valence electrons. The molecule has 0 unspecified atom stereocenters. The number of carbonyl (C=O) groups excluding carboxylic acids is 1. The number of unbranched alkanes of at least 4 members (excludes halogenated alkanes) is 3. The molecule has 0 aliphatic carbocycles. The summed E-state index contributed by atoms with van der Waals surface area (Å²) in [5, 5.41) is 0. The van der Waals surface area contributed by atoms with E-state index in [2.05, 4.69) is 23.0 Å². The highest BCUT2D eigenvalue weighted by atomic mass is 32.1. The van der Waals surface area contributed by atoms with Gasteiger partial charge in [-0.3, -0.25) is 4.79 Å². The Morgan fingerprint density at radius 1 is 1.19 bits per heavy atom. The Morgan fingerprint density at radius 3 is 2.81 bits per heavy atom. The number of hydrogen-bond acceptors (Lipinski definition) is 3. The Labute approximate surface area is 130 Å². The van der Waals surface area contributed by atoms with Crippen LogP contribution in [0.3, 0.4) is 0 Å². The van der Waals surface area contributed by atoms with Crippen molar-refractivity contribution in [3.8, 4) is 0 Å². The smallest absolute Gasteiger partial charge is 0.172 e. The summed E-state index contributed by atoms with van der Waals surface area (Å²) in [7, 11) is 0. The van der Waals surface area contributed by atoms with E-state index in [0.29, 0.717) is 12.2 Å². The van der Waals surface area contributed by atoms with Crippen molar-refractivity contribution in [1.82, 2.24) is 9.97 Å². The van der Waals surface area contributed by atoms with E-state index in [1.165, 1.54) is 11.3 Å². The van der Waals surface area contributed by atoms with Crippen molar-refractivity contribution in [2.45, 2.75) is 58.3 Å². The monoisotopic (exact) mass is 304 g/mol. The summed E-state index contributed by atoms with van der Waals surface area (Å²) in [4.78, 5) is 21.6. The number of rotatable bonds is 10. The Morgan fingerprint density at radius 2 is 2.05 bits per heavy atom. The van der Waals surface area contributed by atoms with Gasteiger partial charge in [0.2, 0.25) is 0 Å². The maximum atomic E-state index is 12.0. The summed E-state index contributed by atoms with van der Waals surface area (Å²) in [5.41, 5.74) is 0. The molecule has 4 heteroatoms. The predicted molar refractivity (Wildman–Crippen MR) is 88.0 cm³/mol. The van der Waals surface area contributed by atoms with Gasteiger partial charge in [0.15, 0.2) is 5.78 Å². The fourth-order valence-corrected chi connectivity index (χ4v) is 3.36. The first kappa shape index (κ1) is 16.0. The molecule has 3 nitrogen and oxygen atoms in total. The van der Waals surface area contributed by atoms with Gasteiger partial charge in [-0.15, -0.1) is 11.3 Å². The molecule has 0 radical (unpaired) electrons. The second-order valence-electron chi connectivity index (χ2n) is 5.39. The van der Waals surface area contributed by atoms with Crippen LogP contribution in [0.25, 0.3) is 0 Å². The van der Waals surface area contributed by atoms with Gasteiger partial charge in [-0.1, -0.05) is 19.8 Å². The summed E-state index contributed by atoms with van der Waals surface area (Å²) >= 11 is 1.67. The number of aryl methyl sites for hydroxylation is 2. The van der Waals surface area contributed by atoms with Crippen molar-refractivity contribution in [3.63, 3.8) is 0 Å². The van der Waals surface area contributed by atoms with Crippen molar-refractivity contribution in [2.24, 2.45) is 0 Å². The number of hydrogen-bond donors (Lipinski definition) is 1. The molecule has 0 spiro atoms. The molecule has 0 fully saturated rings. The zero-order valence-corrected chi connectivity index (χ0v) is 13.5. The van der Waals surface area contributed by atoms with E-state index < -0.39 is 0 Å². The van der Waals surface area contributed by atoms with E-state index >= 15 is 0 Å². The van der Waals surface area contributed by atoms with Crippen molar-refractivity contribution in [1.29, 1.82) is 0 Å². The Kier molecular flexibility index (Phi) is 6.67. The minimum Gasteiger partial charge on any atom is -0.349 e. The van der Waals surface area contributed by atoms with E-state index in [-0.39, 0.29) is 0 Å². The number of thiophene rings is 1. The Balaban J connectivity index is 1.68. The summed E-state index contributed by atoms with van der Waals surface area (Å²) in [5.74, 6) is 1.38. The number of ketones is 1. The molecular formula is C17H24N2OS. The Hall–Kier alpha value is -1.42. The van der Waals surface area contributed by atoms with Crippen LogP contribution in [-0.2, 0) is 12.8 Å². The summed E-state index contributed by atoms with van der Waals surface area (Å²) < 4.78 is 0. The molecule has 2 heterocycles. The number of aromatic nitrogens is 2. The molecule has 2 aromatic rings.